The third-order valence-corrected chi connectivity index (χ3v) is 3.86. The molecule has 0 aromatic heterocycles. The van der Waals surface area contributed by atoms with E-state index >= 15 is 0 Å². The van der Waals surface area contributed by atoms with Gasteiger partial charge in [0.1, 0.15) is 0 Å². The molecule has 1 aromatic rings. The number of thioether (sulfide) groups is 1. The predicted octanol–water partition coefficient (Wildman–Crippen LogP) is 3.02. The maximum atomic E-state index is 5.20. The van der Waals surface area contributed by atoms with Gasteiger partial charge in [0.15, 0.2) is 0 Å². The Kier molecular flexibility index (Phi) is 4.97. The van der Waals surface area contributed by atoms with Crippen LogP contribution in [0.15, 0.2) is 24.3 Å². The molecule has 0 spiro atoms. The smallest absolute Gasteiger partial charge is 0.0545 e. The summed E-state index contributed by atoms with van der Waals surface area (Å²) in [6, 6.07) is 8.81. The molecule has 0 unspecified atom stereocenters. The number of hydrogen-bond acceptors (Lipinski definition) is 2. The third kappa shape index (κ3) is 4.11. The zero-order chi connectivity index (χ0) is 11.9. The van der Waals surface area contributed by atoms with Crippen LogP contribution in [0.4, 0.5) is 0 Å². The molecule has 1 aromatic carbocycles. The highest BCUT2D eigenvalue weighted by molar-refractivity contribution is 7.99. The zero-order valence-corrected chi connectivity index (χ0v) is 10.9. The monoisotopic (exact) mass is 245 g/mol. The Morgan fingerprint density at radius 3 is 2.94 bits per heavy atom. The molecule has 1 aliphatic carbocycles. The summed E-state index contributed by atoms with van der Waals surface area (Å²) in [5, 5.41) is 3.49. The molecule has 0 bridgehead atoms. The van der Waals surface area contributed by atoms with E-state index < -0.39 is 0 Å². The van der Waals surface area contributed by atoms with Gasteiger partial charge in [-0.3, -0.25) is 0 Å². The minimum Gasteiger partial charge on any atom is -0.312 e. The van der Waals surface area contributed by atoms with Crippen LogP contribution in [0.5, 0.6) is 0 Å². The van der Waals surface area contributed by atoms with Crippen LogP contribution in [0.2, 0.25) is 0 Å². The fourth-order valence-electron chi connectivity index (χ4n) is 1.99. The van der Waals surface area contributed by atoms with Gasteiger partial charge in [-0.05, 0) is 29.9 Å². The van der Waals surface area contributed by atoms with Crippen molar-refractivity contribution in [2.45, 2.75) is 25.3 Å². The molecule has 17 heavy (non-hydrogen) atoms. The van der Waals surface area contributed by atoms with Crippen LogP contribution in [0.25, 0.3) is 0 Å². The Morgan fingerprint density at radius 2 is 2.18 bits per heavy atom. The van der Waals surface area contributed by atoms with Crippen molar-refractivity contribution in [3.63, 3.8) is 0 Å². The largest absolute Gasteiger partial charge is 0.312 e. The fourth-order valence-corrected chi connectivity index (χ4v) is 2.54. The van der Waals surface area contributed by atoms with E-state index in [1.807, 2.05) is 11.8 Å². The SMILES string of the molecule is C#CCSCCNCc1ccccc1C1CC1. The van der Waals surface area contributed by atoms with Crippen LogP contribution in [-0.2, 0) is 6.54 Å². The average molecular weight is 245 g/mol. The second kappa shape index (κ2) is 6.74. The summed E-state index contributed by atoms with van der Waals surface area (Å²) >= 11 is 1.81. The zero-order valence-electron chi connectivity index (χ0n) is 10.1. The average Bonchev–Trinajstić information content (AvgIpc) is 3.18. The minimum absolute atomic E-state index is 0.820. The van der Waals surface area contributed by atoms with E-state index in [-0.39, 0.29) is 0 Å². The van der Waals surface area contributed by atoms with Gasteiger partial charge in [-0.15, -0.1) is 18.2 Å². The molecule has 0 atom stereocenters. The lowest BCUT2D eigenvalue weighted by molar-refractivity contribution is 0.725. The third-order valence-electron chi connectivity index (χ3n) is 3.00. The standard InChI is InChI=1S/C15H19NS/c1-2-10-17-11-9-16-12-14-5-3-4-6-15(14)13-7-8-13/h1,3-6,13,16H,7-12H2. The summed E-state index contributed by atoms with van der Waals surface area (Å²) in [6.07, 6.45) is 7.94. The molecule has 1 nitrogen and oxygen atoms in total. The summed E-state index contributed by atoms with van der Waals surface area (Å²) < 4.78 is 0. The first-order valence-corrected chi connectivity index (χ1v) is 7.37. The quantitative estimate of drug-likeness (QED) is 0.585. The summed E-state index contributed by atoms with van der Waals surface area (Å²) in [5.41, 5.74) is 3.02. The van der Waals surface area contributed by atoms with Crippen LogP contribution in [-0.4, -0.2) is 18.1 Å². The molecule has 1 N–H and O–H groups in total. The highest BCUT2D eigenvalue weighted by Gasteiger charge is 2.25. The minimum atomic E-state index is 0.820. The van der Waals surface area contributed by atoms with Gasteiger partial charge in [0.25, 0.3) is 0 Å². The second-order valence-corrected chi connectivity index (χ2v) is 5.51. The van der Waals surface area contributed by atoms with Crippen molar-refractivity contribution in [3.8, 4) is 12.3 Å². The van der Waals surface area contributed by atoms with Crippen LogP contribution in [0.1, 0.15) is 29.9 Å². The van der Waals surface area contributed by atoms with Crippen molar-refractivity contribution in [3.05, 3.63) is 35.4 Å². The van der Waals surface area contributed by atoms with Crippen molar-refractivity contribution in [2.24, 2.45) is 0 Å². The van der Waals surface area contributed by atoms with Crippen LogP contribution in [0, 0.1) is 12.3 Å². The van der Waals surface area contributed by atoms with Gasteiger partial charge in [-0.1, -0.05) is 30.2 Å². The van der Waals surface area contributed by atoms with Gasteiger partial charge in [0.05, 0.1) is 5.75 Å². The molecule has 90 valence electrons. The fraction of sp³-hybridized carbons (Fsp3) is 0.467. The van der Waals surface area contributed by atoms with E-state index in [1.54, 1.807) is 5.56 Å². The molecule has 2 heteroatoms. The molecule has 0 saturated heterocycles. The van der Waals surface area contributed by atoms with Crippen molar-refractivity contribution < 1.29 is 0 Å². The normalized spacial score (nSPS) is 14.5. The molecular formula is C15H19NS. The van der Waals surface area contributed by atoms with E-state index in [1.165, 1.54) is 18.4 Å². The lowest BCUT2D eigenvalue weighted by Gasteiger charge is -2.09. The number of hydrogen-bond donors (Lipinski definition) is 1. The Hall–Kier alpha value is -0.910. The molecule has 1 aliphatic rings. The van der Waals surface area contributed by atoms with E-state index in [0.29, 0.717) is 0 Å². The van der Waals surface area contributed by atoms with E-state index in [4.69, 9.17) is 6.42 Å². The van der Waals surface area contributed by atoms with E-state index in [2.05, 4.69) is 35.5 Å². The summed E-state index contributed by atoms with van der Waals surface area (Å²) in [4.78, 5) is 0. The lowest BCUT2D eigenvalue weighted by atomic mass is 10.0. The maximum absolute atomic E-state index is 5.20. The summed E-state index contributed by atoms with van der Waals surface area (Å²) in [5.74, 6) is 5.39. The van der Waals surface area contributed by atoms with Gasteiger partial charge in [0, 0.05) is 18.8 Å². The van der Waals surface area contributed by atoms with Gasteiger partial charge in [0.2, 0.25) is 0 Å². The van der Waals surface area contributed by atoms with Gasteiger partial charge < -0.3 is 5.32 Å². The van der Waals surface area contributed by atoms with Crippen LogP contribution < -0.4 is 5.32 Å². The summed E-state index contributed by atoms with van der Waals surface area (Å²) in [6.45, 7) is 2.02. The van der Waals surface area contributed by atoms with Crippen molar-refractivity contribution in [1.29, 1.82) is 0 Å². The van der Waals surface area contributed by atoms with Crippen LogP contribution >= 0.6 is 11.8 Å². The second-order valence-electron chi connectivity index (χ2n) is 4.41. The Bertz CT molecular complexity index is 390. The van der Waals surface area contributed by atoms with Gasteiger partial charge >= 0.3 is 0 Å². The number of nitrogens with one attached hydrogen (secondary N) is 1. The van der Waals surface area contributed by atoms with Crippen molar-refractivity contribution in [1.82, 2.24) is 5.32 Å². The topological polar surface area (TPSA) is 12.0 Å². The Balaban J connectivity index is 1.73. The van der Waals surface area contributed by atoms with Crippen molar-refractivity contribution in [2.75, 3.05) is 18.1 Å². The number of terminal acetylenes is 1. The van der Waals surface area contributed by atoms with Crippen LogP contribution in [0.3, 0.4) is 0 Å². The van der Waals surface area contributed by atoms with E-state index in [9.17, 15) is 0 Å². The molecule has 0 amide bonds. The first-order chi connectivity index (χ1) is 8.42. The lowest BCUT2D eigenvalue weighted by Crippen LogP contribution is -2.17. The first-order valence-electron chi connectivity index (χ1n) is 6.21. The molecule has 2 rings (SSSR count). The highest BCUT2D eigenvalue weighted by atomic mass is 32.2. The number of benzene rings is 1. The molecule has 0 radical (unpaired) electrons. The number of rotatable bonds is 7. The predicted molar refractivity (Wildman–Crippen MR) is 76.3 cm³/mol. The molecule has 1 fully saturated rings. The maximum Gasteiger partial charge on any atom is 0.0545 e. The van der Waals surface area contributed by atoms with Gasteiger partial charge in [-0.2, -0.15) is 0 Å². The van der Waals surface area contributed by atoms with E-state index in [0.717, 1.165) is 30.5 Å². The Morgan fingerprint density at radius 1 is 1.35 bits per heavy atom. The molecule has 0 aliphatic heterocycles. The Labute approximate surface area is 108 Å². The molecule has 0 heterocycles. The summed E-state index contributed by atoms with van der Waals surface area (Å²) in [7, 11) is 0. The first kappa shape index (κ1) is 12.5. The highest BCUT2D eigenvalue weighted by Crippen LogP contribution is 2.41. The molecule has 1 saturated carbocycles. The van der Waals surface area contributed by atoms with Crippen molar-refractivity contribution >= 4 is 11.8 Å². The molecular weight excluding hydrogens is 226 g/mol. The van der Waals surface area contributed by atoms with Gasteiger partial charge in [-0.25, -0.2) is 0 Å².